The van der Waals surface area contributed by atoms with Gasteiger partial charge in [0.15, 0.2) is 12.0 Å². The fraction of sp³-hybridized carbons (Fsp3) is 0.333. The summed E-state index contributed by atoms with van der Waals surface area (Å²) >= 11 is 12.2. The standard InChI is InChI=1S/C12H11Cl2N3O/c13-7-2-1-3-8(14)9(7)10-11(18)17-12(16-10)15-6-4-5-6/h1-3,6,10H,4-5H2,(H2,15,16,17,18). The van der Waals surface area contributed by atoms with Crippen LogP contribution in [0.2, 0.25) is 10.0 Å². The van der Waals surface area contributed by atoms with Gasteiger partial charge in [0.25, 0.3) is 5.91 Å². The summed E-state index contributed by atoms with van der Waals surface area (Å²) in [5.41, 5.74) is 0.561. The molecule has 6 heteroatoms. The molecule has 94 valence electrons. The van der Waals surface area contributed by atoms with Crippen LogP contribution in [-0.4, -0.2) is 17.9 Å². The third-order valence-electron chi connectivity index (χ3n) is 2.94. The second-order valence-corrected chi connectivity index (χ2v) is 5.24. The number of carbonyl (C=O) groups is 1. The number of nitrogens with one attached hydrogen (secondary N) is 2. The third-order valence-corrected chi connectivity index (χ3v) is 3.60. The molecule has 2 aliphatic rings. The minimum Gasteiger partial charge on any atom is -0.353 e. The van der Waals surface area contributed by atoms with E-state index in [-0.39, 0.29) is 5.91 Å². The number of carbonyl (C=O) groups excluding carboxylic acids is 1. The predicted molar refractivity (Wildman–Crippen MR) is 70.9 cm³/mol. The number of guanidine groups is 1. The molecule has 1 atom stereocenters. The van der Waals surface area contributed by atoms with Gasteiger partial charge in [-0.1, -0.05) is 29.3 Å². The molecule has 4 nitrogen and oxygen atoms in total. The lowest BCUT2D eigenvalue weighted by Gasteiger charge is -2.09. The Bertz CT molecular complexity index is 520. The first-order valence-electron chi connectivity index (χ1n) is 5.74. The van der Waals surface area contributed by atoms with Gasteiger partial charge in [-0.25, -0.2) is 4.99 Å². The monoisotopic (exact) mass is 283 g/mol. The van der Waals surface area contributed by atoms with Crippen molar-refractivity contribution in [1.82, 2.24) is 10.6 Å². The Labute approximate surface area is 114 Å². The maximum Gasteiger partial charge on any atom is 0.256 e. The van der Waals surface area contributed by atoms with Crippen LogP contribution in [0.3, 0.4) is 0 Å². The second kappa shape index (κ2) is 4.44. The number of benzene rings is 1. The van der Waals surface area contributed by atoms with E-state index in [0.717, 1.165) is 12.8 Å². The van der Waals surface area contributed by atoms with Gasteiger partial charge >= 0.3 is 0 Å². The number of rotatable bonds is 2. The predicted octanol–water partition coefficient (Wildman–Crippen LogP) is 2.27. The average Bonchev–Trinajstić information content (AvgIpc) is 3.04. The first-order chi connectivity index (χ1) is 8.65. The third kappa shape index (κ3) is 2.18. The lowest BCUT2D eigenvalue weighted by Crippen LogP contribution is -2.37. The highest BCUT2D eigenvalue weighted by atomic mass is 35.5. The molecule has 1 heterocycles. The summed E-state index contributed by atoms with van der Waals surface area (Å²) < 4.78 is 0. The van der Waals surface area contributed by atoms with Crippen molar-refractivity contribution >= 4 is 35.1 Å². The Morgan fingerprint density at radius 1 is 1.28 bits per heavy atom. The van der Waals surface area contributed by atoms with Gasteiger partial charge in [0.1, 0.15) is 0 Å². The largest absolute Gasteiger partial charge is 0.353 e. The lowest BCUT2D eigenvalue weighted by molar-refractivity contribution is -0.120. The quantitative estimate of drug-likeness (QED) is 0.875. The van der Waals surface area contributed by atoms with Crippen LogP contribution in [0.15, 0.2) is 23.2 Å². The molecule has 18 heavy (non-hydrogen) atoms. The molecule has 1 aromatic rings. The van der Waals surface area contributed by atoms with E-state index in [1.165, 1.54) is 0 Å². The lowest BCUT2D eigenvalue weighted by atomic mass is 10.1. The van der Waals surface area contributed by atoms with Crippen molar-refractivity contribution in [3.63, 3.8) is 0 Å². The summed E-state index contributed by atoms with van der Waals surface area (Å²) in [6, 6.07) is 4.93. The first kappa shape index (κ1) is 11.8. The van der Waals surface area contributed by atoms with Crippen LogP contribution in [0.5, 0.6) is 0 Å². The van der Waals surface area contributed by atoms with E-state index < -0.39 is 6.04 Å². The van der Waals surface area contributed by atoms with Gasteiger partial charge < -0.3 is 5.32 Å². The number of hydrogen-bond acceptors (Lipinski definition) is 3. The highest BCUT2D eigenvalue weighted by Gasteiger charge is 2.33. The molecule has 0 saturated heterocycles. The van der Waals surface area contributed by atoms with E-state index in [2.05, 4.69) is 15.6 Å². The van der Waals surface area contributed by atoms with Gasteiger partial charge in [0.05, 0.1) is 0 Å². The molecule has 1 aliphatic heterocycles. The molecule has 2 N–H and O–H groups in total. The van der Waals surface area contributed by atoms with E-state index >= 15 is 0 Å². The molecule has 1 unspecified atom stereocenters. The van der Waals surface area contributed by atoms with Crippen LogP contribution in [-0.2, 0) is 4.79 Å². The number of hydrogen-bond donors (Lipinski definition) is 2. The molecule has 1 saturated carbocycles. The van der Waals surface area contributed by atoms with Crippen molar-refractivity contribution in [2.24, 2.45) is 4.99 Å². The van der Waals surface area contributed by atoms with Crippen molar-refractivity contribution in [1.29, 1.82) is 0 Å². The van der Waals surface area contributed by atoms with Crippen LogP contribution in [0, 0.1) is 0 Å². The van der Waals surface area contributed by atoms with Crippen LogP contribution >= 0.6 is 23.2 Å². The fourth-order valence-electron chi connectivity index (χ4n) is 1.87. The van der Waals surface area contributed by atoms with E-state index in [9.17, 15) is 4.79 Å². The molecule has 0 spiro atoms. The van der Waals surface area contributed by atoms with Crippen molar-refractivity contribution in [2.75, 3.05) is 0 Å². The topological polar surface area (TPSA) is 53.5 Å². The molecular formula is C12H11Cl2N3O. The van der Waals surface area contributed by atoms with E-state index in [1.807, 2.05) is 0 Å². The highest BCUT2D eigenvalue weighted by molar-refractivity contribution is 6.36. The number of amides is 1. The molecular weight excluding hydrogens is 273 g/mol. The van der Waals surface area contributed by atoms with Gasteiger partial charge in [-0.2, -0.15) is 0 Å². The summed E-state index contributed by atoms with van der Waals surface area (Å²) in [5, 5.41) is 6.78. The van der Waals surface area contributed by atoms with E-state index in [4.69, 9.17) is 23.2 Å². The molecule has 1 fully saturated rings. The van der Waals surface area contributed by atoms with Crippen LogP contribution in [0.1, 0.15) is 24.4 Å². The Balaban J connectivity index is 1.90. The molecule has 0 radical (unpaired) electrons. The zero-order chi connectivity index (χ0) is 12.7. The summed E-state index contributed by atoms with van der Waals surface area (Å²) in [6.07, 6.45) is 2.23. The number of halogens is 2. The first-order valence-corrected chi connectivity index (χ1v) is 6.50. The second-order valence-electron chi connectivity index (χ2n) is 4.42. The SMILES string of the molecule is O=C1NC(NC2CC2)=NC1c1c(Cl)cccc1Cl. The van der Waals surface area contributed by atoms with Crippen molar-refractivity contribution in [3.8, 4) is 0 Å². The minimum atomic E-state index is -0.660. The molecule has 1 aromatic carbocycles. The van der Waals surface area contributed by atoms with Crippen molar-refractivity contribution in [3.05, 3.63) is 33.8 Å². The summed E-state index contributed by atoms with van der Waals surface area (Å²) in [4.78, 5) is 16.2. The smallest absolute Gasteiger partial charge is 0.256 e. The van der Waals surface area contributed by atoms with Gasteiger partial charge in [0, 0.05) is 21.7 Å². The zero-order valence-corrected chi connectivity index (χ0v) is 10.9. The molecule has 0 bridgehead atoms. The number of aliphatic imine (C=N–C) groups is 1. The van der Waals surface area contributed by atoms with Gasteiger partial charge in [-0.3, -0.25) is 10.1 Å². The van der Waals surface area contributed by atoms with E-state index in [1.54, 1.807) is 18.2 Å². The van der Waals surface area contributed by atoms with Crippen LogP contribution in [0.25, 0.3) is 0 Å². The van der Waals surface area contributed by atoms with Gasteiger partial charge in [-0.05, 0) is 25.0 Å². The summed E-state index contributed by atoms with van der Waals surface area (Å²) in [7, 11) is 0. The Hall–Kier alpha value is -1.26. The van der Waals surface area contributed by atoms with Gasteiger partial charge in [0.2, 0.25) is 0 Å². The van der Waals surface area contributed by atoms with E-state index in [0.29, 0.717) is 27.6 Å². The Morgan fingerprint density at radius 2 is 1.94 bits per heavy atom. The Kier molecular flexibility index (Phi) is 2.92. The molecule has 3 rings (SSSR count). The maximum atomic E-state index is 11.9. The zero-order valence-electron chi connectivity index (χ0n) is 9.41. The average molecular weight is 284 g/mol. The normalized spacial score (nSPS) is 22.7. The summed E-state index contributed by atoms with van der Waals surface area (Å²) in [5.74, 6) is 0.316. The van der Waals surface area contributed by atoms with Crippen LogP contribution < -0.4 is 10.6 Å². The van der Waals surface area contributed by atoms with Gasteiger partial charge in [-0.15, -0.1) is 0 Å². The molecule has 1 amide bonds. The molecule has 0 aromatic heterocycles. The molecule has 1 aliphatic carbocycles. The highest BCUT2D eigenvalue weighted by Crippen LogP contribution is 2.34. The van der Waals surface area contributed by atoms with Crippen LogP contribution in [0.4, 0.5) is 0 Å². The number of nitrogens with zero attached hydrogens (tertiary/aromatic N) is 1. The summed E-state index contributed by atoms with van der Waals surface area (Å²) in [6.45, 7) is 0. The maximum absolute atomic E-state index is 11.9. The van der Waals surface area contributed by atoms with Crippen molar-refractivity contribution < 1.29 is 4.79 Å². The van der Waals surface area contributed by atoms with Crippen molar-refractivity contribution in [2.45, 2.75) is 24.9 Å². The fourth-order valence-corrected chi connectivity index (χ4v) is 2.47. The Morgan fingerprint density at radius 3 is 2.56 bits per heavy atom. The minimum absolute atomic E-state index is 0.201.